The minimum atomic E-state index is 0.661. The molecule has 0 aromatic carbocycles. The summed E-state index contributed by atoms with van der Waals surface area (Å²) in [4.78, 5) is 20.1. The molecule has 0 aromatic heterocycles. The van der Waals surface area contributed by atoms with Gasteiger partial charge in [0.25, 0.3) is 0 Å². The molecule has 0 aromatic rings. The molecule has 0 unspecified atom stereocenters. The number of hydrogen-bond acceptors (Lipinski definition) is 2. The van der Waals surface area contributed by atoms with Gasteiger partial charge in [-0.05, 0) is 25.5 Å². The van der Waals surface area contributed by atoms with E-state index in [1.54, 1.807) is 25.2 Å². The molecule has 2 heteroatoms. The molecule has 0 fully saturated rings. The minimum Gasteiger partial charge on any atom is -0.299 e. The van der Waals surface area contributed by atoms with Crippen LogP contribution >= 0.6 is 0 Å². The highest BCUT2D eigenvalue weighted by Crippen LogP contribution is 1.96. The molecule has 0 aliphatic rings. The molecule has 0 saturated carbocycles. The van der Waals surface area contributed by atoms with E-state index >= 15 is 0 Å². The fourth-order valence-corrected chi connectivity index (χ4v) is 0.549. The highest BCUT2D eigenvalue weighted by Gasteiger charge is 1.81. The smallest absolute Gasteiger partial charge is 0.145 e. The zero-order valence-corrected chi connectivity index (χ0v) is 7.28. The van der Waals surface area contributed by atoms with Gasteiger partial charge in [0.1, 0.15) is 12.6 Å². The van der Waals surface area contributed by atoms with Crippen LogP contribution in [0.5, 0.6) is 0 Å². The van der Waals surface area contributed by atoms with E-state index in [1.165, 1.54) is 6.08 Å². The first-order valence-electron chi connectivity index (χ1n) is 3.63. The van der Waals surface area contributed by atoms with E-state index in [0.29, 0.717) is 11.9 Å². The standard InChI is InChI=1S/C10H12O2/c1-9(4-3-7-11)5-6-10(2)8-12/h3-8H,1-2H3/b4-3+,9-5+,10-6+. The van der Waals surface area contributed by atoms with Crippen molar-refractivity contribution >= 4 is 12.6 Å². The van der Waals surface area contributed by atoms with Gasteiger partial charge in [-0.1, -0.05) is 23.8 Å². The Morgan fingerprint density at radius 1 is 1.00 bits per heavy atom. The summed E-state index contributed by atoms with van der Waals surface area (Å²) in [7, 11) is 0. The Hall–Kier alpha value is -1.44. The fraction of sp³-hybridized carbons (Fsp3) is 0.200. The van der Waals surface area contributed by atoms with Crippen LogP contribution in [0.25, 0.3) is 0 Å². The van der Waals surface area contributed by atoms with Crippen molar-refractivity contribution in [2.75, 3.05) is 0 Å². The highest BCUT2D eigenvalue weighted by molar-refractivity contribution is 5.72. The van der Waals surface area contributed by atoms with Crippen molar-refractivity contribution in [2.24, 2.45) is 0 Å². The Labute approximate surface area is 72.3 Å². The van der Waals surface area contributed by atoms with Crippen molar-refractivity contribution < 1.29 is 9.59 Å². The molecule has 0 radical (unpaired) electrons. The molecule has 0 aliphatic heterocycles. The van der Waals surface area contributed by atoms with Gasteiger partial charge in [-0.2, -0.15) is 0 Å². The third-order valence-electron chi connectivity index (χ3n) is 1.23. The van der Waals surface area contributed by atoms with Gasteiger partial charge < -0.3 is 0 Å². The molecule has 0 rings (SSSR count). The Morgan fingerprint density at radius 2 is 1.58 bits per heavy atom. The molecule has 0 saturated heterocycles. The summed E-state index contributed by atoms with van der Waals surface area (Å²) in [6.07, 6.45) is 8.08. The number of rotatable bonds is 4. The molecule has 0 amide bonds. The third kappa shape index (κ3) is 5.35. The van der Waals surface area contributed by atoms with Gasteiger partial charge in [-0.3, -0.25) is 9.59 Å². The van der Waals surface area contributed by atoms with Gasteiger partial charge in [0.2, 0.25) is 0 Å². The predicted molar refractivity (Wildman–Crippen MR) is 48.8 cm³/mol. The summed E-state index contributed by atoms with van der Waals surface area (Å²) < 4.78 is 0. The molecular formula is C10H12O2. The summed E-state index contributed by atoms with van der Waals surface area (Å²) in [5.74, 6) is 0. The van der Waals surface area contributed by atoms with Crippen LogP contribution in [-0.2, 0) is 9.59 Å². The summed E-state index contributed by atoms with van der Waals surface area (Å²) in [6, 6.07) is 0. The first-order chi connectivity index (χ1) is 5.70. The Kier molecular flexibility index (Phi) is 5.53. The normalized spacial score (nSPS) is 13.5. The first-order valence-corrected chi connectivity index (χ1v) is 3.63. The van der Waals surface area contributed by atoms with E-state index in [-0.39, 0.29) is 0 Å². The molecule has 64 valence electrons. The van der Waals surface area contributed by atoms with E-state index in [0.717, 1.165) is 11.9 Å². The van der Waals surface area contributed by atoms with Gasteiger partial charge >= 0.3 is 0 Å². The van der Waals surface area contributed by atoms with Crippen molar-refractivity contribution in [3.8, 4) is 0 Å². The Morgan fingerprint density at radius 3 is 2.08 bits per heavy atom. The lowest BCUT2D eigenvalue weighted by atomic mass is 10.2. The van der Waals surface area contributed by atoms with E-state index in [1.807, 2.05) is 6.92 Å². The number of aldehydes is 2. The number of carbonyl (C=O) groups is 2. The first kappa shape index (κ1) is 10.6. The van der Waals surface area contributed by atoms with Crippen LogP contribution in [0, 0.1) is 0 Å². The van der Waals surface area contributed by atoms with Crippen molar-refractivity contribution in [1.82, 2.24) is 0 Å². The third-order valence-corrected chi connectivity index (χ3v) is 1.23. The lowest BCUT2D eigenvalue weighted by Gasteiger charge is -1.86. The maximum Gasteiger partial charge on any atom is 0.145 e. The van der Waals surface area contributed by atoms with Crippen molar-refractivity contribution in [3.05, 3.63) is 35.5 Å². The zero-order chi connectivity index (χ0) is 9.40. The number of allylic oxidation sites excluding steroid dienone is 6. The molecule has 0 bridgehead atoms. The SMILES string of the molecule is C\C(C=O)=C/C=C(C)/C=C/C=O. The second-order valence-electron chi connectivity index (χ2n) is 2.43. The zero-order valence-electron chi connectivity index (χ0n) is 7.28. The minimum absolute atomic E-state index is 0.661. The predicted octanol–water partition coefficient (Wildman–Crippen LogP) is 1.83. The van der Waals surface area contributed by atoms with Crippen LogP contribution in [0.1, 0.15) is 13.8 Å². The second-order valence-corrected chi connectivity index (χ2v) is 2.43. The summed E-state index contributed by atoms with van der Waals surface area (Å²) >= 11 is 0. The van der Waals surface area contributed by atoms with Gasteiger partial charge in [-0.25, -0.2) is 0 Å². The average molecular weight is 164 g/mol. The molecule has 0 spiro atoms. The molecule has 0 N–H and O–H groups in total. The maximum absolute atomic E-state index is 10.2. The Bertz CT molecular complexity index is 245. The largest absolute Gasteiger partial charge is 0.299 e. The molecule has 0 atom stereocenters. The molecule has 2 nitrogen and oxygen atoms in total. The maximum atomic E-state index is 10.2. The van der Waals surface area contributed by atoms with Gasteiger partial charge in [0.05, 0.1) is 0 Å². The monoisotopic (exact) mass is 164 g/mol. The molecular weight excluding hydrogens is 152 g/mol. The molecule has 0 aliphatic carbocycles. The lowest BCUT2D eigenvalue weighted by molar-refractivity contribution is -0.105. The highest BCUT2D eigenvalue weighted by atomic mass is 16.1. The van der Waals surface area contributed by atoms with Crippen molar-refractivity contribution in [2.45, 2.75) is 13.8 Å². The van der Waals surface area contributed by atoms with E-state index in [9.17, 15) is 9.59 Å². The quantitative estimate of drug-likeness (QED) is 0.361. The summed E-state index contributed by atoms with van der Waals surface area (Å²) in [5, 5.41) is 0. The molecule has 0 heterocycles. The lowest BCUT2D eigenvalue weighted by Crippen LogP contribution is -1.74. The van der Waals surface area contributed by atoms with Crippen LogP contribution in [-0.4, -0.2) is 12.6 Å². The van der Waals surface area contributed by atoms with Crippen LogP contribution < -0.4 is 0 Å². The van der Waals surface area contributed by atoms with Crippen molar-refractivity contribution in [3.63, 3.8) is 0 Å². The average Bonchev–Trinajstić information content (AvgIpc) is 2.10. The van der Waals surface area contributed by atoms with Crippen LogP contribution in [0.15, 0.2) is 35.5 Å². The van der Waals surface area contributed by atoms with Crippen LogP contribution in [0.3, 0.4) is 0 Å². The second kappa shape index (κ2) is 6.28. The number of hydrogen-bond donors (Lipinski definition) is 0. The Balaban J connectivity index is 4.26. The molecule has 12 heavy (non-hydrogen) atoms. The van der Waals surface area contributed by atoms with Gasteiger partial charge in [0.15, 0.2) is 0 Å². The van der Waals surface area contributed by atoms with Gasteiger partial charge in [-0.15, -0.1) is 0 Å². The van der Waals surface area contributed by atoms with Crippen LogP contribution in [0.4, 0.5) is 0 Å². The fourth-order valence-electron chi connectivity index (χ4n) is 0.549. The summed E-state index contributed by atoms with van der Waals surface area (Å²) in [6.45, 7) is 3.58. The van der Waals surface area contributed by atoms with Crippen LogP contribution in [0.2, 0.25) is 0 Å². The van der Waals surface area contributed by atoms with E-state index in [2.05, 4.69) is 0 Å². The number of carbonyl (C=O) groups excluding carboxylic acids is 2. The topological polar surface area (TPSA) is 34.1 Å². The van der Waals surface area contributed by atoms with Gasteiger partial charge in [0, 0.05) is 0 Å². The summed E-state index contributed by atoms with van der Waals surface area (Å²) in [5.41, 5.74) is 1.59. The van der Waals surface area contributed by atoms with Crippen molar-refractivity contribution in [1.29, 1.82) is 0 Å². The van der Waals surface area contributed by atoms with E-state index < -0.39 is 0 Å². The van der Waals surface area contributed by atoms with E-state index in [4.69, 9.17) is 0 Å².